The van der Waals surface area contributed by atoms with Crippen LogP contribution in [0.5, 0.6) is 0 Å². The van der Waals surface area contributed by atoms with E-state index in [1.807, 2.05) is 26.0 Å². The molecule has 2 aliphatic rings. The molecule has 0 saturated carbocycles. The van der Waals surface area contributed by atoms with E-state index in [0.29, 0.717) is 25.1 Å². The van der Waals surface area contributed by atoms with Gasteiger partial charge in [-0.1, -0.05) is 24.6 Å². The van der Waals surface area contributed by atoms with Crippen LogP contribution in [0.3, 0.4) is 0 Å². The van der Waals surface area contributed by atoms with Crippen LogP contribution in [0.2, 0.25) is 0 Å². The van der Waals surface area contributed by atoms with Gasteiger partial charge in [0.2, 0.25) is 11.8 Å². The summed E-state index contributed by atoms with van der Waals surface area (Å²) in [6, 6.07) is 6.37. The monoisotopic (exact) mass is 315 g/mol. The van der Waals surface area contributed by atoms with Gasteiger partial charge < -0.3 is 15.1 Å². The largest absolute Gasteiger partial charge is 0.342 e. The molecule has 2 heterocycles. The molecule has 1 aromatic carbocycles. The van der Waals surface area contributed by atoms with Crippen LogP contribution in [0.25, 0.3) is 0 Å². The fourth-order valence-corrected chi connectivity index (χ4v) is 3.14. The summed E-state index contributed by atoms with van der Waals surface area (Å²) in [6.07, 6.45) is 0.583. The van der Waals surface area contributed by atoms with Crippen molar-refractivity contribution >= 4 is 17.7 Å². The number of fused-ring (bicyclic) bond motifs is 1. The standard InChI is InChI=1S/C17H21N3O3/c1-3-13-17(23)20-9-8-19(10-14(20)15(21)18-13)16(22)12-6-4-11(2)5-7-12/h4-7,13-14H,3,8-10H2,1-2H3,(H,18,21)/t13-,14+/m0/s1. The third-order valence-electron chi connectivity index (χ3n) is 4.57. The number of rotatable bonds is 2. The van der Waals surface area contributed by atoms with Crippen molar-refractivity contribution in [3.05, 3.63) is 35.4 Å². The van der Waals surface area contributed by atoms with Crippen LogP contribution in [-0.2, 0) is 9.59 Å². The summed E-state index contributed by atoms with van der Waals surface area (Å²) in [4.78, 5) is 40.4. The van der Waals surface area contributed by atoms with Gasteiger partial charge in [0.1, 0.15) is 12.1 Å². The number of hydrogen-bond acceptors (Lipinski definition) is 3. The average Bonchev–Trinajstić information content (AvgIpc) is 2.57. The fourth-order valence-electron chi connectivity index (χ4n) is 3.14. The van der Waals surface area contributed by atoms with Crippen LogP contribution in [-0.4, -0.2) is 59.2 Å². The molecule has 0 radical (unpaired) electrons. The van der Waals surface area contributed by atoms with Gasteiger partial charge in [-0.3, -0.25) is 14.4 Å². The van der Waals surface area contributed by atoms with Crippen molar-refractivity contribution in [2.75, 3.05) is 19.6 Å². The lowest BCUT2D eigenvalue weighted by Crippen LogP contribution is -2.69. The summed E-state index contributed by atoms with van der Waals surface area (Å²) < 4.78 is 0. The maximum Gasteiger partial charge on any atom is 0.253 e. The first-order valence-electron chi connectivity index (χ1n) is 7.98. The molecule has 3 amide bonds. The first kappa shape index (κ1) is 15.5. The quantitative estimate of drug-likeness (QED) is 0.867. The Labute approximate surface area is 135 Å². The Kier molecular flexibility index (Phi) is 4.07. The number of hydrogen-bond donors (Lipinski definition) is 1. The van der Waals surface area contributed by atoms with E-state index in [-0.39, 0.29) is 24.3 Å². The molecule has 0 unspecified atom stereocenters. The number of piperazine rings is 2. The number of nitrogens with zero attached hydrogens (tertiary/aromatic N) is 2. The lowest BCUT2D eigenvalue weighted by molar-refractivity contribution is -0.152. The molecule has 2 atom stereocenters. The molecule has 1 aromatic rings. The minimum atomic E-state index is -0.576. The Morgan fingerprint density at radius 2 is 1.91 bits per heavy atom. The SMILES string of the molecule is CC[C@@H]1NC(=O)[C@H]2CN(C(=O)c3ccc(C)cc3)CCN2C1=O. The molecule has 6 heteroatoms. The van der Waals surface area contributed by atoms with Crippen LogP contribution in [0.15, 0.2) is 24.3 Å². The predicted octanol–water partition coefficient (Wildman–Crippen LogP) is 0.556. The van der Waals surface area contributed by atoms with Gasteiger partial charge in [-0.05, 0) is 25.5 Å². The molecule has 2 fully saturated rings. The summed E-state index contributed by atoms with van der Waals surface area (Å²) >= 11 is 0. The van der Waals surface area contributed by atoms with Gasteiger partial charge in [-0.25, -0.2) is 0 Å². The number of carbonyl (C=O) groups is 3. The van der Waals surface area contributed by atoms with Gasteiger partial charge in [-0.2, -0.15) is 0 Å². The zero-order valence-electron chi connectivity index (χ0n) is 13.4. The molecule has 0 bridgehead atoms. The van der Waals surface area contributed by atoms with E-state index in [9.17, 15) is 14.4 Å². The summed E-state index contributed by atoms with van der Waals surface area (Å²) in [7, 11) is 0. The van der Waals surface area contributed by atoms with Crippen molar-refractivity contribution < 1.29 is 14.4 Å². The Balaban J connectivity index is 1.75. The Morgan fingerprint density at radius 3 is 2.57 bits per heavy atom. The third kappa shape index (κ3) is 2.81. The number of benzene rings is 1. The number of amides is 3. The molecular formula is C17H21N3O3. The zero-order valence-corrected chi connectivity index (χ0v) is 13.4. The summed E-state index contributed by atoms with van der Waals surface area (Å²) in [6.45, 7) is 4.96. The first-order chi connectivity index (χ1) is 11.0. The average molecular weight is 315 g/mol. The van der Waals surface area contributed by atoms with Crippen molar-refractivity contribution in [1.29, 1.82) is 0 Å². The van der Waals surface area contributed by atoms with Crippen LogP contribution in [0, 0.1) is 6.92 Å². The van der Waals surface area contributed by atoms with E-state index in [4.69, 9.17) is 0 Å². The summed E-state index contributed by atoms with van der Waals surface area (Å²) in [5.41, 5.74) is 1.70. The highest BCUT2D eigenvalue weighted by molar-refractivity contribution is 5.99. The molecular weight excluding hydrogens is 294 g/mol. The highest BCUT2D eigenvalue weighted by Crippen LogP contribution is 2.19. The van der Waals surface area contributed by atoms with E-state index in [0.717, 1.165) is 5.56 Å². The Bertz CT molecular complexity index is 641. The predicted molar refractivity (Wildman–Crippen MR) is 84.8 cm³/mol. The molecule has 122 valence electrons. The third-order valence-corrected chi connectivity index (χ3v) is 4.57. The van der Waals surface area contributed by atoms with Crippen LogP contribution >= 0.6 is 0 Å². The second kappa shape index (κ2) is 6.02. The number of carbonyl (C=O) groups excluding carboxylic acids is 3. The lowest BCUT2D eigenvalue weighted by Gasteiger charge is -2.45. The van der Waals surface area contributed by atoms with Crippen molar-refractivity contribution in [1.82, 2.24) is 15.1 Å². The zero-order chi connectivity index (χ0) is 16.6. The van der Waals surface area contributed by atoms with Crippen LogP contribution in [0.1, 0.15) is 29.3 Å². The minimum Gasteiger partial charge on any atom is -0.342 e. The molecule has 0 spiro atoms. The Morgan fingerprint density at radius 1 is 1.22 bits per heavy atom. The van der Waals surface area contributed by atoms with E-state index in [1.54, 1.807) is 21.9 Å². The first-order valence-corrected chi connectivity index (χ1v) is 7.98. The molecule has 1 N–H and O–H groups in total. The van der Waals surface area contributed by atoms with E-state index >= 15 is 0 Å². The highest BCUT2D eigenvalue weighted by Gasteiger charge is 2.43. The minimum absolute atomic E-state index is 0.0421. The summed E-state index contributed by atoms with van der Waals surface area (Å²) in [5.74, 6) is -0.306. The maximum absolute atomic E-state index is 12.6. The molecule has 23 heavy (non-hydrogen) atoms. The fraction of sp³-hybridized carbons (Fsp3) is 0.471. The molecule has 0 aromatic heterocycles. The number of nitrogens with one attached hydrogen (secondary N) is 1. The lowest BCUT2D eigenvalue weighted by atomic mass is 10.0. The molecule has 3 rings (SSSR count). The molecule has 2 saturated heterocycles. The van der Waals surface area contributed by atoms with Crippen molar-refractivity contribution in [3.8, 4) is 0 Å². The van der Waals surface area contributed by atoms with Gasteiger partial charge in [0.25, 0.3) is 5.91 Å². The maximum atomic E-state index is 12.6. The van der Waals surface area contributed by atoms with Gasteiger partial charge in [0.15, 0.2) is 0 Å². The molecule has 0 aliphatic carbocycles. The van der Waals surface area contributed by atoms with Gasteiger partial charge >= 0.3 is 0 Å². The summed E-state index contributed by atoms with van der Waals surface area (Å²) in [5, 5.41) is 2.75. The second-order valence-corrected chi connectivity index (χ2v) is 6.13. The highest BCUT2D eigenvalue weighted by atomic mass is 16.2. The second-order valence-electron chi connectivity index (χ2n) is 6.13. The molecule has 2 aliphatic heterocycles. The van der Waals surface area contributed by atoms with Crippen molar-refractivity contribution in [3.63, 3.8) is 0 Å². The van der Waals surface area contributed by atoms with E-state index < -0.39 is 12.1 Å². The topological polar surface area (TPSA) is 69.7 Å². The normalized spacial score (nSPS) is 24.3. The number of aryl methyl sites for hydroxylation is 1. The molecule has 6 nitrogen and oxygen atoms in total. The van der Waals surface area contributed by atoms with Gasteiger partial charge in [0.05, 0.1) is 6.54 Å². The van der Waals surface area contributed by atoms with E-state index in [1.165, 1.54) is 0 Å². The van der Waals surface area contributed by atoms with Gasteiger partial charge in [0, 0.05) is 18.7 Å². The van der Waals surface area contributed by atoms with Crippen molar-refractivity contribution in [2.45, 2.75) is 32.4 Å². The van der Waals surface area contributed by atoms with E-state index in [2.05, 4.69) is 5.32 Å². The van der Waals surface area contributed by atoms with Crippen LogP contribution in [0.4, 0.5) is 0 Å². The van der Waals surface area contributed by atoms with Crippen LogP contribution < -0.4 is 5.32 Å². The van der Waals surface area contributed by atoms with Crippen molar-refractivity contribution in [2.24, 2.45) is 0 Å². The van der Waals surface area contributed by atoms with Gasteiger partial charge in [-0.15, -0.1) is 0 Å². The Hall–Kier alpha value is -2.37. The smallest absolute Gasteiger partial charge is 0.253 e.